The van der Waals surface area contributed by atoms with Crippen molar-refractivity contribution in [2.24, 2.45) is 5.18 Å². The second-order valence-electron chi connectivity index (χ2n) is 1.55. The summed E-state index contributed by atoms with van der Waals surface area (Å²) in [5, 5.41) is 2.41. The Morgan fingerprint density at radius 3 is 2.64 bits per heavy atom. The monoisotopic (exact) mass is 159 g/mol. The lowest BCUT2D eigenvalue weighted by Gasteiger charge is -1.97. The van der Waals surface area contributed by atoms with Crippen LogP contribution in [0.1, 0.15) is 6.92 Å². The lowest BCUT2D eigenvalue weighted by Crippen LogP contribution is -2.05. The summed E-state index contributed by atoms with van der Waals surface area (Å²) in [6.07, 6.45) is 0.936. The van der Waals surface area contributed by atoms with Gasteiger partial charge in [0.15, 0.2) is 0 Å². The van der Waals surface area contributed by atoms with E-state index in [4.69, 9.17) is 0 Å². The second-order valence-corrected chi connectivity index (χ2v) is 1.55. The van der Waals surface area contributed by atoms with Gasteiger partial charge in [0.25, 0.3) is 0 Å². The summed E-state index contributed by atoms with van der Waals surface area (Å²) in [6.45, 7) is 1.84. The third kappa shape index (κ3) is 3.34. The topological polar surface area (TPSA) is 65.0 Å². The van der Waals surface area contributed by atoms with Crippen LogP contribution >= 0.6 is 0 Å². The zero-order valence-electron chi connectivity index (χ0n) is 6.36. The first-order valence-corrected chi connectivity index (χ1v) is 2.99. The predicted molar refractivity (Wildman–Crippen MR) is 37.5 cm³/mol. The summed E-state index contributed by atoms with van der Waals surface area (Å²) in [5.74, 6) is -0.774. The number of carbonyl (C=O) groups is 1. The van der Waals surface area contributed by atoms with Gasteiger partial charge in [-0.1, -0.05) is 0 Å². The minimum Gasteiger partial charge on any atom is -0.502 e. The van der Waals surface area contributed by atoms with Gasteiger partial charge in [0.1, 0.15) is 6.26 Å². The van der Waals surface area contributed by atoms with E-state index in [-0.39, 0.29) is 12.3 Å². The largest absolute Gasteiger partial charge is 0.502 e. The average Bonchev–Trinajstić information content (AvgIpc) is 2.00. The van der Waals surface area contributed by atoms with Crippen molar-refractivity contribution in [3.63, 3.8) is 0 Å². The molecule has 0 saturated heterocycles. The minimum atomic E-state index is -0.774. The molecule has 5 heteroatoms. The van der Waals surface area contributed by atoms with Crippen LogP contribution in [0.25, 0.3) is 0 Å². The van der Waals surface area contributed by atoms with Gasteiger partial charge in [-0.25, -0.2) is 4.79 Å². The van der Waals surface area contributed by atoms with Gasteiger partial charge < -0.3 is 9.47 Å². The van der Waals surface area contributed by atoms with Crippen LogP contribution in [0.5, 0.6) is 0 Å². The van der Waals surface area contributed by atoms with Gasteiger partial charge in [-0.05, 0) is 12.1 Å². The van der Waals surface area contributed by atoms with Crippen molar-refractivity contribution in [1.82, 2.24) is 0 Å². The fraction of sp³-hybridized carbons (Fsp3) is 0.500. The maximum Gasteiger partial charge on any atom is 0.363 e. The highest BCUT2D eigenvalue weighted by Gasteiger charge is 2.10. The number of ether oxygens (including phenoxy) is 2. The van der Waals surface area contributed by atoms with Crippen molar-refractivity contribution < 1.29 is 14.3 Å². The van der Waals surface area contributed by atoms with Crippen LogP contribution in [0.2, 0.25) is 0 Å². The summed E-state index contributed by atoms with van der Waals surface area (Å²) in [6, 6.07) is 0. The molecule has 5 nitrogen and oxygen atoms in total. The molecule has 0 N–H and O–H groups in total. The number of nitrogens with zero attached hydrogens (tertiary/aromatic N) is 1. The van der Waals surface area contributed by atoms with Crippen LogP contribution in [0, 0.1) is 4.91 Å². The van der Waals surface area contributed by atoms with Gasteiger partial charge in [0, 0.05) is 0 Å². The normalized spacial score (nSPS) is 10.5. The molecule has 0 bridgehead atoms. The van der Waals surface area contributed by atoms with E-state index in [1.54, 1.807) is 6.92 Å². The quantitative estimate of drug-likeness (QED) is 0.263. The van der Waals surface area contributed by atoms with E-state index >= 15 is 0 Å². The Bertz CT molecular complexity index is 175. The molecule has 11 heavy (non-hydrogen) atoms. The molecular weight excluding hydrogens is 150 g/mol. The van der Waals surface area contributed by atoms with E-state index in [2.05, 4.69) is 14.7 Å². The summed E-state index contributed by atoms with van der Waals surface area (Å²) in [7, 11) is 1.31. The molecule has 0 aromatic heterocycles. The molecule has 0 unspecified atom stereocenters. The molecule has 0 fully saturated rings. The molecular formula is C6H9NO4. The zero-order valence-corrected chi connectivity index (χ0v) is 6.36. The number of methoxy groups -OCH3 is 1. The summed E-state index contributed by atoms with van der Waals surface area (Å²) < 4.78 is 8.87. The molecule has 0 aliphatic rings. The third-order valence-corrected chi connectivity index (χ3v) is 0.812. The Morgan fingerprint density at radius 2 is 2.27 bits per heavy atom. The SMILES string of the molecule is CCOC(=O)/C(=C/OC)N=O. The maximum absolute atomic E-state index is 10.7. The Kier molecular flexibility index (Phi) is 4.72. The standard InChI is InChI=1S/C6H9NO4/c1-3-11-6(8)5(7-9)4-10-2/h4H,3H2,1-2H3/b5-4-. The van der Waals surface area contributed by atoms with Crippen molar-refractivity contribution in [3.05, 3.63) is 16.9 Å². The zero-order chi connectivity index (χ0) is 8.69. The van der Waals surface area contributed by atoms with E-state index in [0.29, 0.717) is 0 Å². The van der Waals surface area contributed by atoms with Gasteiger partial charge in [-0.3, -0.25) is 0 Å². The highest BCUT2D eigenvalue weighted by atomic mass is 16.5. The van der Waals surface area contributed by atoms with E-state index < -0.39 is 5.97 Å². The van der Waals surface area contributed by atoms with E-state index in [9.17, 15) is 9.70 Å². The van der Waals surface area contributed by atoms with Gasteiger partial charge in [-0.15, -0.1) is 4.91 Å². The smallest absolute Gasteiger partial charge is 0.363 e. The van der Waals surface area contributed by atoms with Gasteiger partial charge >= 0.3 is 5.97 Å². The predicted octanol–water partition coefficient (Wildman–Crippen LogP) is 0.804. The highest BCUT2D eigenvalue weighted by molar-refractivity contribution is 5.87. The van der Waals surface area contributed by atoms with Crippen LogP contribution in [0.4, 0.5) is 0 Å². The number of hydrogen-bond donors (Lipinski definition) is 0. The maximum atomic E-state index is 10.7. The molecule has 0 saturated carbocycles. The number of hydrogen-bond acceptors (Lipinski definition) is 5. The number of rotatable bonds is 4. The van der Waals surface area contributed by atoms with E-state index in [1.165, 1.54) is 7.11 Å². The van der Waals surface area contributed by atoms with Crippen LogP contribution in [0.3, 0.4) is 0 Å². The Labute approximate surface area is 64.0 Å². The first-order valence-electron chi connectivity index (χ1n) is 2.99. The Hall–Kier alpha value is -1.39. The molecule has 0 amide bonds. The highest BCUT2D eigenvalue weighted by Crippen LogP contribution is 1.98. The Morgan fingerprint density at radius 1 is 1.64 bits per heavy atom. The number of esters is 1. The number of carbonyl (C=O) groups excluding carboxylic acids is 1. The summed E-state index contributed by atoms with van der Waals surface area (Å²) >= 11 is 0. The van der Waals surface area contributed by atoms with Crippen molar-refractivity contribution in [2.45, 2.75) is 6.92 Å². The van der Waals surface area contributed by atoms with Crippen LogP contribution < -0.4 is 0 Å². The molecule has 0 rings (SSSR count). The molecule has 0 aromatic carbocycles. The third-order valence-electron chi connectivity index (χ3n) is 0.812. The molecule has 0 aliphatic carbocycles. The van der Waals surface area contributed by atoms with Gasteiger partial charge in [0.2, 0.25) is 5.70 Å². The molecule has 0 aromatic rings. The van der Waals surface area contributed by atoms with Gasteiger partial charge in [0.05, 0.1) is 13.7 Å². The molecule has 0 heterocycles. The summed E-state index contributed by atoms with van der Waals surface area (Å²) in [5.41, 5.74) is -0.366. The molecule has 0 spiro atoms. The first kappa shape index (κ1) is 9.61. The van der Waals surface area contributed by atoms with Crippen LogP contribution in [-0.4, -0.2) is 19.7 Å². The first-order chi connectivity index (χ1) is 5.26. The molecule has 0 radical (unpaired) electrons. The van der Waals surface area contributed by atoms with Crippen LogP contribution in [0.15, 0.2) is 17.1 Å². The summed E-state index contributed by atoms with van der Waals surface area (Å²) in [4.78, 5) is 20.6. The second kappa shape index (κ2) is 5.40. The van der Waals surface area contributed by atoms with E-state index in [0.717, 1.165) is 6.26 Å². The molecule has 62 valence electrons. The van der Waals surface area contributed by atoms with Crippen molar-refractivity contribution in [2.75, 3.05) is 13.7 Å². The van der Waals surface area contributed by atoms with Gasteiger partial charge in [-0.2, -0.15) is 0 Å². The van der Waals surface area contributed by atoms with Crippen molar-refractivity contribution >= 4 is 5.97 Å². The van der Waals surface area contributed by atoms with Crippen LogP contribution in [-0.2, 0) is 14.3 Å². The van der Waals surface area contributed by atoms with Crippen molar-refractivity contribution in [3.8, 4) is 0 Å². The molecule has 0 atom stereocenters. The minimum absolute atomic E-state index is 0.204. The van der Waals surface area contributed by atoms with Crippen molar-refractivity contribution in [1.29, 1.82) is 0 Å². The van der Waals surface area contributed by atoms with E-state index in [1.807, 2.05) is 0 Å². The fourth-order valence-corrected chi connectivity index (χ4v) is 0.424. The Balaban J connectivity index is 4.14. The lowest BCUT2D eigenvalue weighted by molar-refractivity contribution is -0.138. The fourth-order valence-electron chi connectivity index (χ4n) is 0.424. The number of nitroso groups, excluding NO2 is 1. The lowest BCUT2D eigenvalue weighted by atomic mass is 10.5. The molecule has 0 aliphatic heterocycles. The average molecular weight is 159 g/mol.